The van der Waals surface area contributed by atoms with Crippen molar-refractivity contribution in [1.29, 1.82) is 0 Å². The second-order valence-corrected chi connectivity index (χ2v) is 5.83. The third-order valence-corrected chi connectivity index (χ3v) is 4.17. The first kappa shape index (κ1) is 15.8. The summed E-state index contributed by atoms with van der Waals surface area (Å²) in [5.74, 6) is -0.156. The van der Waals surface area contributed by atoms with Crippen LogP contribution >= 0.6 is 0 Å². The molecule has 1 amide bonds. The number of nitrogens with zero attached hydrogens (tertiary/aromatic N) is 1. The standard InChI is InChI=1S/C16H25N3O2/c1-12-10-15(20)14(11-18-12)16(21)19(9-5-8-17)13-6-3-2-4-7-13/h10-11,13H,2-9,17H2,1H3,(H,18,20). The van der Waals surface area contributed by atoms with E-state index < -0.39 is 0 Å². The lowest BCUT2D eigenvalue weighted by Gasteiger charge is -2.34. The predicted octanol–water partition coefficient (Wildman–Crippen LogP) is 1.81. The molecule has 0 aliphatic heterocycles. The molecule has 1 saturated carbocycles. The molecule has 0 bridgehead atoms. The Bertz CT molecular complexity index is 533. The molecule has 1 aromatic heterocycles. The SMILES string of the molecule is Cc1cc(=O)c(C(=O)N(CCCN)C2CCCCC2)c[nH]1. The first-order chi connectivity index (χ1) is 10.1. The van der Waals surface area contributed by atoms with Gasteiger partial charge in [0.05, 0.1) is 0 Å². The number of pyridine rings is 1. The maximum absolute atomic E-state index is 12.7. The Labute approximate surface area is 125 Å². The summed E-state index contributed by atoms with van der Waals surface area (Å²) in [6.07, 6.45) is 7.91. The number of nitrogens with two attached hydrogens (primary N) is 1. The van der Waals surface area contributed by atoms with Gasteiger partial charge in [0, 0.05) is 30.5 Å². The van der Waals surface area contributed by atoms with E-state index in [-0.39, 0.29) is 22.9 Å². The van der Waals surface area contributed by atoms with Gasteiger partial charge in [0.25, 0.3) is 5.91 Å². The minimum absolute atomic E-state index is 0.156. The predicted molar refractivity (Wildman–Crippen MR) is 83.4 cm³/mol. The number of carbonyl (C=O) groups is 1. The normalized spacial score (nSPS) is 15.9. The van der Waals surface area contributed by atoms with Gasteiger partial charge in [-0.15, -0.1) is 0 Å². The Kier molecular flexibility index (Phi) is 5.56. The van der Waals surface area contributed by atoms with Crippen LogP contribution in [0.5, 0.6) is 0 Å². The van der Waals surface area contributed by atoms with Crippen LogP contribution in [0.2, 0.25) is 0 Å². The third-order valence-electron chi connectivity index (χ3n) is 4.17. The summed E-state index contributed by atoms with van der Waals surface area (Å²) in [4.78, 5) is 29.6. The van der Waals surface area contributed by atoms with Crippen molar-refractivity contribution in [3.63, 3.8) is 0 Å². The van der Waals surface area contributed by atoms with Crippen molar-refractivity contribution in [2.45, 2.75) is 51.5 Å². The Morgan fingerprint density at radius 1 is 1.38 bits per heavy atom. The molecule has 0 atom stereocenters. The number of carbonyl (C=O) groups excluding carboxylic acids is 1. The number of hydrogen-bond acceptors (Lipinski definition) is 3. The van der Waals surface area contributed by atoms with Crippen LogP contribution in [0.3, 0.4) is 0 Å². The van der Waals surface area contributed by atoms with E-state index >= 15 is 0 Å². The number of hydrogen-bond donors (Lipinski definition) is 2. The second-order valence-electron chi connectivity index (χ2n) is 5.83. The Balaban J connectivity index is 2.21. The molecule has 21 heavy (non-hydrogen) atoms. The lowest BCUT2D eigenvalue weighted by atomic mass is 9.93. The van der Waals surface area contributed by atoms with Crippen LogP contribution < -0.4 is 11.2 Å². The van der Waals surface area contributed by atoms with Crippen molar-refractivity contribution in [2.75, 3.05) is 13.1 Å². The van der Waals surface area contributed by atoms with Gasteiger partial charge in [0.15, 0.2) is 5.43 Å². The molecular weight excluding hydrogens is 266 g/mol. The fourth-order valence-electron chi connectivity index (χ4n) is 3.00. The number of aromatic nitrogens is 1. The Morgan fingerprint density at radius 3 is 2.71 bits per heavy atom. The van der Waals surface area contributed by atoms with Gasteiger partial charge in [0.1, 0.15) is 5.56 Å². The Hall–Kier alpha value is -1.62. The van der Waals surface area contributed by atoms with Gasteiger partial charge in [-0.1, -0.05) is 19.3 Å². The summed E-state index contributed by atoms with van der Waals surface area (Å²) in [5, 5.41) is 0. The van der Waals surface area contributed by atoms with Gasteiger partial charge >= 0.3 is 0 Å². The van der Waals surface area contributed by atoms with E-state index in [2.05, 4.69) is 4.98 Å². The summed E-state index contributed by atoms with van der Waals surface area (Å²) in [6.45, 7) is 3.00. The van der Waals surface area contributed by atoms with Crippen LogP contribution in [0.15, 0.2) is 17.1 Å². The summed E-state index contributed by atoms with van der Waals surface area (Å²) in [6, 6.07) is 1.73. The van der Waals surface area contributed by atoms with Gasteiger partial charge in [-0.25, -0.2) is 0 Å². The summed E-state index contributed by atoms with van der Waals surface area (Å²) >= 11 is 0. The molecule has 1 heterocycles. The van der Waals surface area contributed by atoms with E-state index in [0.717, 1.165) is 37.8 Å². The van der Waals surface area contributed by atoms with Crippen molar-refractivity contribution in [3.8, 4) is 0 Å². The van der Waals surface area contributed by atoms with Gasteiger partial charge in [0.2, 0.25) is 0 Å². The number of aryl methyl sites for hydroxylation is 1. The van der Waals surface area contributed by atoms with Crippen LogP contribution in [-0.4, -0.2) is 34.9 Å². The minimum atomic E-state index is -0.204. The number of amides is 1. The topological polar surface area (TPSA) is 79.2 Å². The maximum Gasteiger partial charge on any atom is 0.259 e. The zero-order chi connectivity index (χ0) is 15.2. The fraction of sp³-hybridized carbons (Fsp3) is 0.625. The van der Waals surface area contributed by atoms with Crippen molar-refractivity contribution in [3.05, 3.63) is 33.7 Å². The fourth-order valence-corrected chi connectivity index (χ4v) is 3.00. The molecule has 116 valence electrons. The molecular formula is C16H25N3O2. The highest BCUT2D eigenvalue weighted by Crippen LogP contribution is 2.23. The molecule has 0 radical (unpaired) electrons. The molecule has 0 saturated heterocycles. The Morgan fingerprint density at radius 2 is 2.10 bits per heavy atom. The molecule has 0 unspecified atom stereocenters. The number of H-pyrrole nitrogens is 1. The quantitative estimate of drug-likeness (QED) is 0.868. The molecule has 5 nitrogen and oxygen atoms in total. The summed E-state index contributed by atoms with van der Waals surface area (Å²) in [5.41, 5.74) is 6.39. The number of rotatable bonds is 5. The molecule has 2 rings (SSSR count). The molecule has 1 aliphatic carbocycles. The smallest absolute Gasteiger partial charge is 0.259 e. The number of nitrogens with one attached hydrogen (secondary N) is 1. The van der Waals surface area contributed by atoms with Crippen LogP contribution in [0, 0.1) is 6.92 Å². The van der Waals surface area contributed by atoms with E-state index in [1.165, 1.54) is 18.7 Å². The van der Waals surface area contributed by atoms with E-state index in [1.54, 1.807) is 0 Å². The largest absolute Gasteiger partial charge is 0.364 e. The lowest BCUT2D eigenvalue weighted by molar-refractivity contribution is 0.0631. The highest BCUT2D eigenvalue weighted by molar-refractivity contribution is 5.94. The van der Waals surface area contributed by atoms with E-state index in [0.29, 0.717) is 13.1 Å². The summed E-state index contributed by atoms with van der Waals surface area (Å²) in [7, 11) is 0. The molecule has 0 spiro atoms. The average Bonchev–Trinajstić information content (AvgIpc) is 2.48. The molecule has 1 aromatic rings. The van der Waals surface area contributed by atoms with E-state index in [9.17, 15) is 9.59 Å². The van der Waals surface area contributed by atoms with Crippen LogP contribution in [0.4, 0.5) is 0 Å². The van der Waals surface area contributed by atoms with Crippen LogP contribution in [-0.2, 0) is 0 Å². The maximum atomic E-state index is 12.7. The second kappa shape index (κ2) is 7.41. The van der Waals surface area contributed by atoms with Crippen molar-refractivity contribution in [1.82, 2.24) is 9.88 Å². The minimum Gasteiger partial charge on any atom is -0.364 e. The first-order valence-electron chi connectivity index (χ1n) is 7.84. The highest BCUT2D eigenvalue weighted by atomic mass is 16.2. The number of aromatic amines is 1. The molecule has 0 aromatic carbocycles. The van der Waals surface area contributed by atoms with Crippen LogP contribution in [0.1, 0.15) is 54.6 Å². The molecule has 1 aliphatic rings. The lowest BCUT2D eigenvalue weighted by Crippen LogP contribution is -2.44. The molecule has 5 heteroatoms. The van der Waals surface area contributed by atoms with Crippen molar-refractivity contribution in [2.24, 2.45) is 5.73 Å². The molecule has 1 fully saturated rings. The monoisotopic (exact) mass is 291 g/mol. The third kappa shape index (κ3) is 3.94. The van der Waals surface area contributed by atoms with Gasteiger partial charge in [-0.2, -0.15) is 0 Å². The van der Waals surface area contributed by atoms with Gasteiger partial charge in [-0.05, 0) is 32.7 Å². The average molecular weight is 291 g/mol. The van der Waals surface area contributed by atoms with E-state index in [1.807, 2.05) is 11.8 Å². The highest BCUT2D eigenvalue weighted by Gasteiger charge is 2.27. The zero-order valence-electron chi connectivity index (χ0n) is 12.7. The van der Waals surface area contributed by atoms with Crippen molar-refractivity contribution >= 4 is 5.91 Å². The summed E-state index contributed by atoms with van der Waals surface area (Å²) < 4.78 is 0. The van der Waals surface area contributed by atoms with Gasteiger partial charge in [-0.3, -0.25) is 9.59 Å². The molecule has 3 N–H and O–H groups in total. The van der Waals surface area contributed by atoms with Crippen LogP contribution in [0.25, 0.3) is 0 Å². The van der Waals surface area contributed by atoms with E-state index in [4.69, 9.17) is 5.73 Å². The van der Waals surface area contributed by atoms with Crippen molar-refractivity contribution < 1.29 is 4.79 Å². The first-order valence-corrected chi connectivity index (χ1v) is 7.84. The zero-order valence-corrected chi connectivity index (χ0v) is 12.7. The van der Waals surface area contributed by atoms with Gasteiger partial charge < -0.3 is 15.6 Å².